The molecule has 15 nitrogen and oxygen atoms in total. The van der Waals surface area contributed by atoms with Gasteiger partial charge in [0.15, 0.2) is 0 Å². The number of nitrogens with one attached hydrogen (secondary N) is 4. The SMILES string of the molecule is CCCC(NC(=O)C1[C@H]2CC=C[C@H]2CN1C(=O)C(NC(=O)[C@H](NC(=O)c1cnccn1)C(C)C)C(C)C)C(=O)C(=O)N[C@@H](Cc1ccccc1)C(=O)O. The van der Waals surface area contributed by atoms with Crippen LogP contribution in [0.1, 0.15) is 69.9 Å². The molecule has 7 atom stereocenters. The number of rotatable bonds is 17. The highest BCUT2D eigenvalue weighted by Crippen LogP contribution is 2.39. The molecule has 1 aromatic carbocycles. The Morgan fingerprint density at radius 3 is 2.19 bits per heavy atom. The average Bonchev–Trinajstić information content (AvgIpc) is 3.74. The van der Waals surface area contributed by atoms with E-state index in [4.69, 9.17) is 0 Å². The zero-order valence-corrected chi connectivity index (χ0v) is 30.7. The van der Waals surface area contributed by atoms with E-state index in [2.05, 4.69) is 31.2 Å². The topological polar surface area (TPSA) is 217 Å². The molecule has 5 N–H and O–H groups in total. The van der Waals surface area contributed by atoms with Crippen molar-refractivity contribution in [3.63, 3.8) is 0 Å². The fourth-order valence-corrected chi connectivity index (χ4v) is 6.78. The summed E-state index contributed by atoms with van der Waals surface area (Å²) in [6.45, 7) is 8.99. The Kier molecular flexibility index (Phi) is 13.9. The van der Waals surface area contributed by atoms with E-state index in [-0.39, 0.29) is 42.8 Å². The second-order valence-corrected chi connectivity index (χ2v) is 14.2. The van der Waals surface area contributed by atoms with Gasteiger partial charge >= 0.3 is 5.97 Å². The van der Waals surface area contributed by atoms with Crippen LogP contribution in [0.15, 0.2) is 61.1 Å². The zero-order valence-electron chi connectivity index (χ0n) is 30.7. The number of aliphatic carboxylic acids is 1. The Labute approximate surface area is 308 Å². The fourth-order valence-electron chi connectivity index (χ4n) is 6.78. The third-order valence-electron chi connectivity index (χ3n) is 9.62. The maximum absolute atomic E-state index is 14.3. The van der Waals surface area contributed by atoms with Crippen molar-refractivity contribution in [3.8, 4) is 0 Å². The van der Waals surface area contributed by atoms with E-state index in [1.807, 2.05) is 12.2 Å². The third kappa shape index (κ3) is 10.1. The Hall–Kier alpha value is -5.47. The van der Waals surface area contributed by atoms with E-state index in [0.717, 1.165) is 0 Å². The van der Waals surface area contributed by atoms with Gasteiger partial charge in [-0.2, -0.15) is 0 Å². The van der Waals surface area contributed by atoms with Crippen LogP contribution in [0.5, 0.6) is 0 Å². The van der Waals surface area contributed by atoms with Crippen molar-refractivity contribution in [2.75, 3.05) is 6.54 Å². The summed E-state index contributed by atoms with van der Waals surface area (Å²) in [6, 6.07) is 2.92. The van der Waals surface area contributed by atoms with Gasteiger partial charge in [-0.05, 0) is 36.2 Å². The minimum Gasteiger partial charge on any atom is -0.480 e. The molecule has 15 heteroatoms. The van der Waals surface area contributed by atoms with Crippen molar-refractivity contribution in [2.24, 2.45) is 23.7 Å². The first-order valence-corrected chi connectivity index (χ1v) is 18.0. The van der Waals surface area contributed by atoms with E-state index in [9.17, 15) is 38.7 Å². The molecule has 4 rings (SSSR count). The van der Waals surface area contributed by atoms with Crippen LogP contribution in [-0.4, -0.2) is 98.0 Å². The number of allylic oxidation sites excluding steroid dienone is 1. The van der Waals surface area contributed by atoms with Crippen molar-refractivity contribution in [2.45, 2.75) is 90.5 Å². The van der Waals surface area contributed by atoms with E-state index in [0.29, 0.717) is 18.4 Å². The number of carbonyl (C=O) groups excluding carboxylic acids is 6. The maximum Gasteiger partial charge on any atom is 0.326 e. The van der Waals surface area contributed by atoms with Gasteiger partial charge in [-0.3, -0.25) is 33.8 Å². The van der Waals surface area contributed by atoms with Crippen LogP contribution in [-0.2, 0) is 35.2 Å². The molecule has 5 amide bonds. The smallest absolute Gasteiger partial charge is 0.326 e. The molecule has 1 fully saturated rings. The van der Waals surface area contributed by atoms with Crippen molar-refractivity contribution in [1.82, 2.24) is 36.1 Å². The predicted octanol–water partition coefficient (Wildman–Crippen LogP) is 1.44. The van der Waals surface area contributed by atoms with Crippen molar-refractivity contribution in [3.05, 3.63) is 72.3 Å². The van der Waals surface area contributed by atoms with Gasteiger partial charge in [-0.15, -0.1) is 0 Å². The van der Waals surface area contributed by atoms with Crippen LogP contribution in [0.25, 0.3) is 0 Å². The van der Waals surface area contributed by atoms with E-state index in [1.54, 1.807) is 65.0 Å². The van der Waals surface area contributed by atoms with Crippen molar-refractivity contribution in [1.29, 1.82) is 0 Å². The molecule has 1 aliphatic carbocycles. The quantitative estimate of drug-likeness (QED) is 0.117. The van der Waals surface area contributed by atoms with Crippen LogP contribution in [0, 0.1) is 23.7 Å². The van der Waals surface area contributed by atoms with Crippen molar-refractivity contribution < 1.29 is 38.7 Å². The second-order valence-electron chi connectivity index (χ2n) is 14.2. The number of benzene rings is 1. The first kappa shape index (κ1) is 40.3. The van der Waals surface area contributed by atoms with Crippen LogP contribution in [0.2, 0.25) is 0 Å². The number of aromatic nitrogens is 2. The maximum atomic E-state index is 14.3. The van der Waals surface area contributed by atoms with E-state index >= 15 is 0 Å². The van der Waals surface area contributed by atoms with Crippen molar-refractivity contribution >= 4 is 41.3 Å². The Morgan fingerprint density at radius 1 is 0.887 bits per heavy atom. The lowest BCUT2D eigenvalue weighted by Crippen LogP contribution is -2.60. The molecule has 284 valence electrons. The summed E-state index contributed by atoms with van der Waals surface area (Å²) in [5.41, 5.74) is 0.679. The number of fused-ring (bicyclic) bond motifs is 1. The molecule has 1 aromatic heterocycles. The molecule has 1 aliphatic heterocycles. The summed E-state index contributed by atoms with van der Waals surface area (Å²) in [5, 5.41) is 20.3. The van der Waals surface area contributed by atoms with Gasteiger partial charge in [0.1, 0.15) is 29.9 Å². The number of hydrogen-bond acceptors (Lipinski definition) is 9. The zero-order chi connectivity index (χ0) is 38.8. The second kappa shape index (κ2) is 18.3. The number of nitrogens with zero attached hydrogens (tertiary/aromatic N) is 3. The number of carboxylic acid groups (broad SMARTS) is 1. The van der Waals surface area contributed by atoms with Crippen LogP contribution < -0.4 is 21.3 Å². The normalized spacial score (nSPS) is 19.8. The minimum absolute atomic E-state index is 0.0270. The number of carbonyl (C=O) groups is 7. The van der Waals surface area contributed by atoms with E-state index < -0.39 is 77.4 Å². The molecular weight excluding hydrogens is 682 g/mol. The lowest BCUT2D eigenvalue weighted by molar-refractivity contribution is -0.146. The molecule has 0 bridgehead atoms. The Bertz CT molecular complexity index is 1680. The van der Waals surface area contributed by atoms with Gasteiger partial charge in [0, 0.05) is 31.3 Å². The Balaban J connectivity index is 1.50. The molecule has 3 unspecified atom stereocenters. The number of ketones is 1. The van der Waals surface area contributed by atoms with Crippen LogP contribution in [0.3, 0.4) is 0 Å². The predicted molar refractivity (Wildman–Crippen MR) is 193 cm³/mol. The monoisotopic (exact) mass is 731 g/mol. The molecule has 2 aromatic rings. The standard InChI is InChI=1S/C38H49N7O8/c1-6-11-26(32(46)36(50)42-27(38(52)53)18-23-12-8-7-9-13-23)41-35(49)31-25-15-10-14-24(25)20-45(31)37(51)30(22(4)5)44-34(48)29(21(2)3)43-33(47)28-19-39-16-17-40-28/h7-10,12-14,16-17,19,21-22,24-27,29-31H,6,11,15,18,20H2,1-5H3,(H,41,49)(H,42,50)(H,43,47)(H,44,48)(H,52,53)/t24-,25-,26?,27-,29+,30?,31?/m0/s1. The highest BCUT2D eigenvalue weighted by atomic mass is 16.4. The lowest BCUT2D eigenvalue weighted by Gasteiger charge is -2.33. The van der Waals surface area contributed by atoms with Gasteiger partial charge in [0.05, 0.1) is 12.2 Å². The highest BCUT2D eigenvalue weighted by Gasteiger charge is 2.50. The van der Waals surface area contributed by atoms with Gasteiger partial charge < -0.3 is 31.3 Å². The number of Topliss-reactive ketones (excluding diaryl/α,β-unsaturated/α-hetero) is 1. The van der Waals surface area contributed by atoms with Gasteiger partial charge in [0.2, 0.25) is 23.5 Å². The van der Waals surface area contributed by atoms with E-state index in [1.165, 1.54) is 23.5 Å². The summed E-state index contributed by atoms with van der Waals surface area (Å²) in [7, 11) is 0. The fraction of sp³-hybridized carbons (Fsp3) is 0.500. The van der Waals surface area contributed by atoms with Crippen LogP contribution in [0.4, 0.5) is 0 Å². The number of carboxylic acids is 1. The summed E-state index contributed by atoms with van der Waals surface area (Å²) >= 11 is 0. The van der Waals surface area contributed by atoms with Gasteiger partial charge in [-0.25, -0.2) is 9.78 Å². The minimum atomic E-state index is -1.38. The summed E-state index contributed by atoms with van der Waals surface area (Å²) in [4.78, 5) is 103. The summed E-state index contributed by atoms with van der Waals surface area (Å²) in [6.07, 6.45) is 8.91. The number of amides is 5. The molecular formula is C38H49N7O8. The summed E-state index contributed by atoms with van der Waals surface area (Å²) in [5.74, 6) is -6.98. The average molecular weight is 732 g/mol. The van der Waals surface area contributed by atoms with Gasteiger partial charge in [-0.1, -0.05) is 83.5 Å². The van der Waals surface area contributed by atoms with Crippen LogP contribution >= 0.6 is 0 Å². The third-order valence-corrected chi connectivity index (χ3v) is 9.62. The largest absolute Gasteiger partial charge is 0.480 e. The highest BCUT2D eigenvalue weighted by molar-refractivity contribution is 6.38. The lowest BCUT2D eigenvalue weighted by atomic mass is 9.92. The first-order chi connectivity index (χ1) is 25.2. The molecule has 2 heterocycles. The molecule has 1 saturated heterocycles. The number of likely N-dealkylation sites (tertiary alicyclic amines) is 1. The summed E-state index contributed by atoms with van der Waals surface area (Å²) < 4.78 is 0. The van der Waals surface area contributed by atoms with Gasteiger partial charge in [0.25, 0.3) is 11.8 Å². The molecule has 0 spiro atoms. The molecule has 53 heavy (non-hydrogen) atoms. The number of hydrogen-bond donors (Lipinski definition) is 5. The Morgan fingerprint density at radius 2 is 1.58 bits per heavy atom. The molecule has 0 saturated carbocycles. The molecule has 0 radical (unpaired) electrons. The first-order valence-electron chi connectivity index (χ1n) is 18.0. The molecule has 2 aliphatic rings.